The first-order chi connectivity index (χ1) is 8.59. The summed E-state index contributed by atoms with van der Waals surface area (Å²) >= 11 is 0. The van der Waals surface area contributed by atoms with E-state index in [1.165, 1.54) is 12.1 Å². The molecule has 1 heterocycles. The number of carboxylic acids is 1. The van der Waals surface area contributed by atoms with Crippen LogP contribution in [0.1, 0.15) is 10.4 Å². The number of hydrogen-bond donors (Lipinski definition) is 1. The number of ether oxygens (including phenoxy) is 1. The number of nitrogens with zero attached hydrogens (tertiary/aromatic N) is 1. The Kier molecular flexibility index (Phi) is 3.57. The molecule has 18 heavy (non-hydrogen) atoms. The normalized spacial score (nSPS) is 15.5. The molecular weight excluding hydrogens is 241 g/mol. The van der Waals surface area contributed by atoms with Crippen LogP contribution in [0, 0.1) is 5.82 Å². The van der Waals surface area contributed by atoms with E-state index in [1.54, 1.807) is 4.90 Å². The molecule has 0 atom stereocenters. The second kappa shape index (κ2) is 5.14. The molecule has 1 aromatic carbocycles. The number of rotatable bonds is 3. The van der Waals surface area contributed by atoms with Gasteiger partial charge in [-0.1, -0.05) is 0 Å². The van der Waals surface area contributed by atoms with E-state index < -0.39 is 17.6 Å². The maximum atomic E-state index is 13.3. The van der Waals surface area contributed by atoms with Gasteiger partial charge in [0.05, 0.1) is 24.5 Å². The largest absolute Gasteiger partial charge is 0.475 e. The van der Waals surface area contributed by atoms with Gasteiger partial charge in [0.15, 0.2) is 0 Å². The van der Waals surface area contributed by atoms with Gasteiger partial charge in [-0.2, -0.15) is 0 Å². The van der Waals surface area contributed by atoms with E-state index in [0.29, 0.717) is 32.0 Å². The zero-order valence-corrected chi connectivity index (χ0v) is 9.56. The molecule has 96 valence electrons. The molecule has 0 amide bonds. The van der Waals surface area contributed by atoms with Crippen LogP contribution >= 0.6 is 0 Å². The zero-order valence-electron chi connectivity index (χ0n) is 9.56. The molecule has 1 aliphatic heterocycles. The summed E-state index contributed by atoms with van der Waals surface area (Å²) in [5.74, 6) is -3.08. The SMILES string of the molecule is O=C(O)C(=O)c1ccc(F)cc1N1CCOCC1. The average molecular weight is 253 g/mol. The maximum Gasteiger partial charge on any atom is 0.377 e. The molecule has 0 aromatic heterocycles. The van der Waals surface area contributed by atoms with Crippen LogP contribution in [0.5, 0.6) is 0 Å². The molecule has 1 saturated heterocycles. The molecule has 1 N–H and O–H groups in total. The molecule has 1 aromatic rings. The van der Waals surface area contributed by atoms with Crippen LogP contribution < -0.4 is 4.90 Å². The molecule has 6 heteroatoms. The van der Waals surface area contributed by atoms with Crippen molar-refractivity contribution < 1.29 is 23.8 Å². The van der Waals surface area contributed by atoms with Gasteiger partial charge in [-0.05, 0) is 18.2 Å². The van der Waals surface area contributed by atoms with Gasteiger partial charge in [0, 0.05) is 13.1 Å². The van der Waals surface area contributed by atoms with E-state index in [9.17, 15) is 14.0 Å². The van der Waals surface area contributed by atoms with Gasteiger partial charge in [-0.15, -0.1) is 0 Å². The number of aliphatic carboxylic acids is 1. The van der Waals surface area contributed by atoms with Crippen LogP contribution in [0.3, 0.4) is 0 Å². The minimum absolute atomic E-state index is 0.00537. The number of halogens is 1. The maximum absolute atomic E-state index is 13.3. The first kappa shape index (κ1) is 12.5. The Morgan fingerprint density at radius 2 is 1.94 bits per heavy atom. The summed E-state index contributed by atoms with van der Waals surface area (Å²) in [4.78, 5) is 24.0. The van der Waals surface area contributed by atoms with Gasteiger partial charge in [0.25, 0.3) is 5.78 Å². The van der Waals surface area contributed by atoms with Gasteiger partial charge in [0.1, 0.15) is 5.82 Å². The highest BCUT2D eigenvalue weighted by atomic mass is 19.1. The highest BCUT2D eigenvalue weighted by Crippen LogP contribution is 2.23. The van der Waals surface area contributed by atoms with Crippen molar-refractivity contribution in [1.82, 2.24) is 0 Å². The number of benzene rings is 1. The number of carbonyl (C=O) groups excluding carboxylic acids is 1. The Balaban J connectivity index is 2.39. The number of morpholine rings is 1. The Morgan fingerprint density at radius 3 is 2.56 bits per heavy atom. The number of ketones is 1. The van der Waals surface area contributed by atoms with Crippen LogP contribution in [0.15, 0.2) is 18.2 Å². The zero-order chi connectivity index (χ0) is 13.1. The first-order valence-electron chi connectivity index (χ1n) is 5.49. The van der Waals surface area contributed by atoms with Crippen LogP contribution in [-0.4, -0.2) is 43.2 Å². The molecule has 1 aliphatic rings. The van der Waals surface area contributed by atoms with E-state index in [4.69, 9.17) is 9.84 Å². The van der Waals surface area contributed by atoms with Crippen molar-refractivity contribution in [3.05, 3.63) is 29.6 Å². The smallest absolute Gasteiger partial charge is 0.377 e. The van der Waals surface area contributed by atoms with E-state index in [-0.39, 0.29) is 5.56 Å². The Hall–Kier alpha value is -1.95. The van der Waals surface area contributed by atoms with Gasteiger partial charge < -0.3 is 14.7 Å². The van der Waals surface area contributed by atoms with Crippen LogP contribution in [-0.2, 0) is 9.53 Å². The number of carbonyl (C=O) groups is 2. The molecule has 1 fully saturated rings. The van der Waals surface area contributed by atoms with E-state index in [1.807, 2.05) is 0 Å². The van der Waals surface area contributed by atoms with Crippen LogP contribution in [0.4, 0.5) is 10.1 Å². The van der Waals surface area contributed by atoms with E-state index in [2.05, 4.69) is 0 Å². The van der Waals surface area contributed by atoms with Crippen molar-refractivity contribution in [2.75, 3.05) is 31.2 Å². The third kappa shape index (κ3) is 2.48. The minimum atomic E-state index is -1.55. The monoisotopic (exact) mass is 253 g/mol. The van der Waals surface area contributed by atoms with Crippen LogP contribution in [0.25, 0.3) is 0 Å². The van der Waals surface area contributed by atoms with E-state index in [0.717, 1.165) is 6.07 Å². The highest BCUT2D eigenvalue weighted by molar-refractivity contribution is 6.41. The topological polar surface area (TPSA) is 66.8 Å². The lowest BCUT2D eigenvalue weighted by molar-refractivity contribution is -0.131. The summed E-state index contributed by atoms with van der Waals surface area (Å²) in [6.45, 7) is 1.95. The summed E-state index contributed by atoms with van der Waals surface area (Å²) in [5, 5.41) is 8.74. The highest BCUT2D eigenvalue weighted by Gasteiger charge is 2.23. The van der Waals surface area contributed by atoms with Crippen molar-refractivity contribution in [2.45, 2.75) is 0 Å². The lowest BCUT2D eigenvalue weighted by Gasteiger charge is -2.30. The van der Waals surface area contributed by atoms with Crippen molar-refractivity contribution in [1.29, 1.82) is 0 Å². The van der Waals surface area contributed by atoms with Crippen molar-refractivity contribution in [2.24, 2.45) is 0 Å². The van der Waals surface area contributed by atoms with Crippen LogP contribution in [0.2, 0.25) is 0 Å². The molecule has 0 aliphatic carbocycles. The lowest BCUT2D eigenvalue weighted by atomic mass is 10.1. The molecule has 0 spiro atoms. The third-order valence-corrected chi connectivity index (χ3v) is 2.75. The van der Waals surface area contributed by atoms with E-state index >= 15 is 0 Å². The fourth-order valence-corrected chi connectivity index (χ4v) is 1.88. The molecule has 0 radical (unpaired) electrons. The van der Waals surface area contributed by atoms with Gasteiger partial charge in [-0.25, -0.2) is 9.18 Å². The van der Waals surface area contributed by atoms with Crippen molar-refractivity contribution in [3.8, 4) is 0 Å². The van der Waals surface area contributed by atoms with Crippen molar-refractivity contribution in [3.63, 3.8) is 0 Å². The predicted octanol–water partition coefficient (Wildman–Crippen LogP) is 0.930. The fourth-order valence-electron chi connectivity index (χ4n) is 1.88. The van der Waals surface area contributed by atoms with Gasteiger partial charge in [-0.3, -0.25) is 4.79 Å². The standard InChI is InChI=1S/C12H12FNO4/c13-8-1-2-9(11(15)12(16)17)10(7-8)14-3-5-18-6-4-14/h1-2,7H,3-6H2,(H,16,17). The number of Topliss-reactive ketones (excluding diaryl/α,β-unsaturated/α-hetero) is 1. The Morgan fingerprint density at radius 1 is 1.28 bits per heavy atom. The minimum Gasteiger partial charge on any atom is -0.475 e. The third-order valence-electron chi connectivity index (χ3n) is 2.75. The molecule has 0 unspecified atom stereocenters. The fraction of sp³-hybridized carbons (Fsp3) is 0.333. The molecule has 5 nitrogen and oxygen atoms in total. The molecule has 2 rings (SSSR count). The lowest BCUT2D eigenvalue weighted by Crippen LogP contribution is -2.37. The first-order valence-corrected chi connectivity index (χ1v) is 5.49. The molecule has 0 bridgehead atoms. The quantitative estimate of drug-likeness (QED) is 0.641. The summed E-state index contributed by atoms with van der Waals surface area (Å²) in [6, 6.07) is 3.47. The second-order valence-corrected chi connectivity index (χ2v) is 3.90. The Labute approximate surface area is 103 Å². The number of carboxylic acid groups (broad SMARTS) is 1. The van der Waals surface area contributed by atoms with Gasteiger partial charge >= 0.3 is 5.97 Å². The second-order valence-electron chi connectivity index (χ2n) is 3.90. The number of anilines is 1. The summed E-state index contributed by atoms with van der Waals surface area (Å²) < 4.78 is 18.4. The van der Waals surface area contributed by atoms with Gasteiger partial charge in [0.2, 0.25) is 0 Å². The predicted molar refractivity (Wildman–Crippen MR) is 61.4 cm³/mol. The summed E-state index contributed by atoms with van der Waals surface area (Å²) in [6.07, 6.45) is 0. The number of hydrogen-bond acceptors (Lipinski definition) is 4. The summed E-state index contributed by atoms with van der Waals surface area (Å²) in [7, 11) is 0. The molecular formula is C12H12FNO4. The van der Waals surface area contributed by atoms with Crippen molar-refractivity contribution >= 4 is 17.4 Å². The Bertz CT molecular complexity index is 483. The molecule has 0 saturated carbocycles. The average Bonchev–Trinajstić information content (AvgIpc) is 2.39. The summed E-state index contributed by atoms with van der Waals surface area (Å²) in [5.41, 5.74) is 0.316.